The SMILES string of the molecule is Cc1ccc(C(N)C(=O)NCC2(N(C)C)CCC2)cc1. The number of rotatable bonds is 5. The molecule has 0 radical (unpaired) electrons. The Morgan fingerprint density at radius 3 is 2.40 bits per heavy atom. The summed E-state index contributed by atoms with van der Waals surface area (Å²) in [5, 5.41) is 3.01. The molecule has 20 heavy (non-hydrogen) atoms. The van der Waals surface area contributed by atoms with Crippen LogP contribution in [0, 0.1) is 6.92 Å². The zero-order valence-corrected chi connectivity index (χ0v) is 12.6. The summed E-state index contributed by atoms with van der Waals surface area (Å²) < 4.78 is 0. The van der Waals surface area contributed by atoms with Crippen molar-refractivity contribution in [3.63, 3.8) is 0 Å². The number of hydrogen-bond acceptors (Lipinski definition) is 3. The first-order chi connectivity index (χ1) is 9.44. The van der Waals surface area contributed by atoms with Gasteiger partial charge in [0.05, 0.1) is 0 Å². The molecule has 1 aliphatic carbocycles. The summed E-state index contributed by atoms with van der Waals surface area (Å²) in [6, 6.07) is 7.22. The number of carbonyl (C=O) groups is 1. The Morgan fingerprint density at radius 1 is 1.35 bits per heavy atom. The third-order valence-corrected chi connectivity index (χ3v) is 4.54. The van der Waals surface area contributed by atoms with E-state index in [1.807, 2.05) is 31.2 Å². The van der Waals surface area contributed by atoms with Crippen molar-refractivity contribution in [2.24, 2.45) is 5.73 Å². The van der Waals surface area contributed by atoms with Crippen molar-refractivity contribution < 1.29 is 4.79 Å². The van der Waals surface area contributed by atoms with Crippen LogP contribution in [0.15, 0.2) is 24.3 Å². The molecular weight excluding hydrogens is 250 g/mol. The van der Waals surface area contributed by atoms with E-state index < -0.39 is 6.04 Å². The third-order valence-electron chi connectivity index (χ3n) is 4.54. The molecule has 1 atom stereocenters. The number of aryl methyl sites for hydroxylation is 1. The van der Waals surface area contributed by atoms with Gasteiger partial charge in [-0.3, -0.25) is 4.79 Å². The normalized spacial score (nSPS) is 18.4. The number of nitrogens with one attached hydrogen (secondary N) is 1. The molecule has 4 nitrogen and oxygen atoms in total. The molecule has 1 fully saturated rings. The van der Waals surface area contributed by atoms with Crippen molar-refractivity contribution in [1.29, 1.82) is 0 Å². The van der Waals surface area contributed by atoms with Crippen LogP contribution in [0.2, 0.25) is 0 Å². The van der Waals surface area contributed by atoms with Crippen LogP contribution < -0.4 is 11.1 Å². The van der Waals surface area contributed by atoms with Gasteiger partial charge in [0.2, 0.25) is 5.91 Å². The Hall–Kier alpha value is -1.39. The van der Waals surface area contributed by atoms with Gasteiger partial charge in [-0.15, -0.1) is 0 Å². The van der Waals surface area contributed by atoms with Gasteiger partial charge in [0.1, 0.15) is 6.04 Å². The average molecular weight is 275 g/mol. The lowest BCUT2D eigenvalue weighted by Gasteiger charge is -2.47. The fourth-order valence-corrected chi connectivity index (χ4v) is 2.65. The van der Waals surface area contributed by atoms with E-state index in [1.165, 1.54) is 12.0 Å². The van der Waals surface area contributed by atoms with Gasteiger partial charge in [0, 0.05) is 12.1 Å². The van der Waals surface area contributed by atoms with E-state index in [4.69, 9.17) is 5.73 Å². The molecule has 0 bridgehead atoms. The van der Waals surface area contributed by atoms with E-state index in [0.717, 1.165) is 18.4 Å². The summed E-state index contributed by atoms with van der Waals surface area (Å²) in [5.74, 6) is -0.0954. The molecule has 0 heterocycles. The standard InChI is InChI=1S/C16H25N3O/c1-12-5-7-13(8-6-12)14(17)15(20)18-11-16(19(2)3)9-4-10-16/h5-8,14H,4,9-11,17H2,1-3H3,(H,18,20). The fraction of sp³-hybridized carbons (Fsp3) is 0.562. The summed E-state index contributed by atoms with van der Waals surface area (Å²) in [7, 11) is 4.15. The Bertz CT molecular complexity index is 463. The molecule has 0 aromatic heterocycles. The number of nitrogens with two attached hydrogens (primary N) is 1. The van der Waals surface area contributed by atoms with Gasteiger partial charge in [-0.2, -0.15) is 0 Å². The number of hydrogen-bond donors (Lipinski definition) is 2. The summed E-state index contributed by atoms with van der Waals surface area (Å²) in [5.41, 5.74) is 8.19. The lowest BCUT2D eigenvalue weighted by atomic mass is 9.75. The van der Waals surface area contributed by atoms with E-state index in [-0.39, 0.29) is 11.4 Å². The third kappa shape index (κ3) is 3.02. The summed E-state index contributed by atoms with van der Waals surface area (Å²) >= 11 is 0. The lowest BCUT2D eigenvalue weighted by molar-refractivity contribution is -0.123. The van der Waals surface area contributed by atoms with Crippen molar-refractivity contribution in [3.8, 4) is 0 Å². The first-order valence-corrected chi connectivity index (χ1v) is 7.22. The summed E-state index contributed by atoms with van der Waals surface area (Å²) in [6.07, 6.45) is 3.51. The molecule has 0 spiro atoms. The molecule has 4 heteroatoms. The highest BCUT2D eigenvalue weighted by molar-refractivity contribution is 5.83. The van der Waals surface area contributed by atoms with Gasteiger partial charge < -0.3 is 16.0 Å². The molecule has 2 rings (SSSR count). The molecule has 1 aromatic rings. The van der Waals surface area contributed by atoms with Crippen molar-refractivity contribution in [3.05, 3.63) is 35.4 Å². The van der Waals surface area contributed by atoms with Crippen LogP contribution in [-0.2, 0) is 4.79 Å². The molecule has 1 unspecified atom stereocenters. The summed E-state index contributed by atoms with van der Waals surface area (Å²) in [4.78, 5) is 14.4. The molecule has 0 saturated heterocycles. The lowest BCUT2D eigenvalue weighted by Crippen LogP contribution is -2.57. The Kier molecular flexibility index (Phi) is 4.45. The Morgan fingerprint density at radius 2 is 1.95 bits per heavy atom. The van der Waals surface area contributed by atoms with Crippen LogP contribution in [0.4, 0.5) is 0 Å². The molecule has 3 N–H and O–H groups in total. The minimum Gasteiger partial charge on any atom is -0.353 e. The highest BCUT2D eigenvalue weighted by atomic mass is 16.2. The predicted molar refractivity (Wildman–Crippen MR) is 81.4 cm³/mol. The summed E-state index contributed by atoms with van der Waals surface area (Å²) in [6.45, 7) is 2.70. The molecular formula is C16H25N3O. The molecule has 1 aliphatic rings. The minimum atomic E-state index is -0.588. The molecule has 1 aromatic carbocycles. The molecule has 0 aliphatic heterocycles. The zero-order valence-electron chi connectivity index (χ0n) is 12.6. The maximum Gasteiger partial charge on any atom is 0.241 e. The van der Waals surface area contributed by atoms with E-state index in [0.29, 0.717) is 6.54 Å². The number of nitrogens with zero attached hydrogens (tertiary/aromatic N) is 1. The minimum absolute atomic E-state index is 0.0954. The van der Waals surface area contributed by atoms with Crippen molar-refractivity contribution >= 4 is 5.91 Å². The van der Waals surface area contributed by atoms with E-state index in [1.54, 1.807) is 0 Å². The first kappa shape index (κ1) is 15.0. The second-order valence-corrected chi connectivity index (χ2v) is 6.08. The molecule has 1 saturated carbocycles. The van der Waals surface area contributed by atoms with Crippen LogP contribution in [0.1, 0.15) is 36.4 Å². The Labute approximate surface area is 121 Å². The maximum atomic E-state index is 12.2. The largest absolute Gasteiger partial charge is 0.353 e. The predicted octanol–water partition coefficient (Wildman–Crippen LogP) is 1.60. The van der Waals surface area contributed by atoms with Crippen LogP contribution in [0.3, 0.4) is 0 Å². The monoisotopic (exact) mass is 275 g/mol. The van der Waals surface area contributed by atoms with Gasteiger partial charge in [-0.1, -0.05) is 29.8 Å². The van der Waals surface area contributed by atoms with Gasteiger partial charge in [-0.25, -0.2) is 0 Å². The molecule has 110 valence electrons. The second-order valence-electron chi connectivity index (χ2n) is 6.08. The van der Waals surface area contributed by atoms with Crippen LogP contribution >= 0.6 is 0 Å². The number of amides is 1. The first-order valence-electron chi connectivity index (χ1n) is 7.22. The van der Waals surface area contributed by atoms with Crippen molar-refractivity contribution in [2.75, 3.05) is 20.6 Å². The van der Waals surface area contributed by atoms with Crippen LogP contribution in [0.5, 0.6) is 0 Å². The van der Waals surface area contributed by atoms with Gasteiger partial charge in [0.15, 0.2) is 0 Å². The number of benzene rings is 1. The van der Waals surface area contributed by atoms with E-state index in [2.05, 4.69) is 24.3 Å². The highest BCUT2D eigenvalue weighted by Gasteiger charge is 2.39. The van der Waals surface area contributed by atoms with E-state index >= 15 is 0 Å². The van der Waals surface area contributed by atoms with Gasteiger partial charge in [-0.05, 0) is 45.8 Å². The van der Waals surface area contributed by atoms with Gasteiger partial charge >= 0.3 is 0 Å². The van der Waals surface area contributed by atoms with Gasteiger partial charge in [0.25, 0.3) is 0 Å². The molecule has 1 amide bonds. The average Bonchev–Trinajstić information content (AvgIpc) is 2.36. The van der Waals surface area contributed by atoms with Crippen LogP contribution in [-0.4, -0.2) is 37.0 Å². The van der Waals surface area contributed by atoms with Crippen LogP contribution in [0.25, 0.3) is 0 Å². The fourth-order valence-electron chi connectivity index (χ4n) is 2.65. The Balaban J connectivity index is 1.93. The highest BCUT2D eigenvalue weighted by Crippen LogP contribution is 2.35. The number of likely N-dealkylation sites (N-methyl/N-ethyl adjacent to an activating group) is 1. The maximum absolute atomic E-state index is 12.2. The van der Waals surface area contributed by atoms with E-state index in [9.17, 15) is 4.79 Å². The smallest absolute Gasteiger partial charge is 0.241 e. The number of carbonyl (C=O) groups excluding carboxylic acids is 1. The zero-order chi connectivity index (χ0) is 14.8. The van der Waals surface area contributed by atoms with Crippen molar-refractivity contribution in [1.82, 2.24) is 10.2 Å². The quantitative estimate of drug-likeness (QED) is 0.858. The topological polar surface area (TPSA) is 58.4 Å². The second kappa shape index (κ2) is 5.94. The van der Waals surface area contributed by atoms with Crippen molar-refractivity contribution in [2.45, 2.75) is 37.8 Å².